The van der Waals surface area contributed by atoms with Gasteiger partial charge in [0.1, 0.15) is 0 Å². The van der Waals surface area contributed by atoms with Crippen LogP contribution in [0.5, 0.6) is 0 Å². The predicted octanol–water partition coefficient (Wildman–Crippen LogP) is 2.22. The molecular weight excluding hydrogens is 234 g/mol. The van der Waals surface area contributed by atoms with Crippen molar-refractivity contribution in [2.24, 2.45) is 0 Å². The van der Waals surface area contributed by atoms with Gasteiger partial charge in [-0.15, -0.1) is 0 Å². The van der Waals surface area contributed by atoms with Crippen LogP contribution in [0.1, 0.15) is 24.9 Å². The molecule has 0 saturated heterocycles. The molecule has 1 aromatic rings. The number of nitrogens with zero attached hydrogens (tertiary/aromatic N) is 2. The molecule has 0 amide bonds. The van der Waals surface area contributed by atoms with Crippen LogP contribution in [-0.2, 0) is 0 Å². The van der Waals surface area contributed by atoms with E-state index in [2.05, 4.69) is 73.5 Å². The van der Waals surface area contributed by atoms with E-state index in [0.29, 0.717) is 6.04 Å². The molecule has 0 bridgehead atoms. The molecule has 0 radical (unpaired) electrons. The van der Waals surface area contributed by atoms with Crippen LogP contribution in [0, 0.1) is 0 Å². The Morgan fingerprint density at radius 3 is 2.32 bits per heavy atom. The summed E-state index contributed by atoms with van der Waals surface area (Å²) in [4.78, 5) is 4.63. The van der Waals surface area contributed by atoms with Crippen molar-refractivity contribution in [3.8, 4) is 0 Å². The first-order valence-corrected chi connectivity index (χ1v) is 7.25. The molecule has 0 fully saturated rings. The summed E-state index contributed by atoms with van der Waals surface area (Å²) in [5.74, 6) is 0. The quantitative estimate of drug-likeness (QED) is 0.737. The van der Waals surface area contributed by atoms with E-state index in [4.69, 9.17) is 0 Å². The van der Waals surface area contributed by atoms with Gasteiger partial charge in [0.05, 0.1) is 0 Å². The highest BCUT2D eigenvalue weighted by Gasteiger charge is 2.12. The Balaban J connectivity index is 2.54. The molecule has 1 aromatic carbocycles. The number of likely N-dealkylation sites (N-methyl/N-ethyl adjacent to an activating group) is 2. The van der Waals surface area contributed by atoms with Crippen LogP contribution in [0.25, 0.3) is 0 Å². The first-order chi connectivity index (χ1) is 9.13. The van der Waals surface area contributed by atoms with Crippen molar-refractivity contribution in [2.45, 2.75) is 19.4 Å². The van der Waals surface area contributed by atoms with Crippen LogP contribution >= 0.6 is 0 Å². The van der Waals surface area contributed by atoms with Crippen molar-refractivity contribution in [3.63, 3.8) is 0 Å². The smallest absolute Gasteiger partial charge is 0.0449 e. The second-order valence-corrected chi connectivity index (χ2v) is 5.48. The summed E-state index contributed by atoms with van der Waals surface area (Å²) in [7, 11) is 6.45. The Labute approximate surface area is 118 Å². The average Bonchev–Trinajstić information content (AvgIpc) is 2.42. The highest BCUT2D eigenvalue weighted by atomic mass is 15.2. The SMILES string of the molecule is CCCNC(CN(C)CCN(C)C)c1ccccc1. The molecule has 1 atom stereocenters. The zero-order valence-corrected chi connectivity index (χ0v) is 12.9. The van der Waals surface area contributed by atoms with Gasteiger partial charge in [-0.05, 0) is 39.7 Å². The predicted molar refractivity (Wildman–Crippen MR) is 83.5 cm³/mol. The molecule has 0 saturated carbocycles. The van der Waals surface area contributed by atoms with Crippen molar-refractivity contribution in [2.75, 3.05) is 47.3 Å². The van der Waals surface area contributed by atoms with Crippen molar-refractivity contribution in [3.05, 3.63) is 35.9 Å². The van der Waals surface area contributed by atoms with E-state index < -0.39 is 0 Å². The molecule has 19 heavy (non-hydrogen) atoms. The molecule has 3 heteroatoms. The van der Waals surface area contributed by atoms with Gasteiger partial charge in [-0.25, -0.2) is 0 Å². The molecule has 0 aromatic heterocycles. The third kappa shape index (κ3) is 6.71. The minimum Gasteiger partial charge on any atom is -0.309 e. The summed E-state index contributed by atoms with van der Waals surface area (Å²) in [5.41, 5.74) is 1.38. The molecule has 3 nitrogen and oxygen atoms in total. The average molecular weight is 263 g/mol. The standard InChI is InChI=1S/C16H29N3/c1-5-11-17-16(15-9-7-6-8-10-15)14-19(4)13-12-18(2)3/h6-10,16-17H,5,11-14H2,1-4H3. The molecule has 0 aliphatic heterocycles. The molecule has 0 spiro atoms. The van der Waals surface area contributed by atoms with Gasteiger partial charge < -0.3 is 15.1 Å². The summed E-state index contributed by atoms with van der Waals surface area (Å²) < 4.78 is 0. The van der Waals surface area contributed by atoms with E-state index in [1.54, 1.807) is 0 Å². The van der Waals surface area contributed by atoms with E-state index >= 15 is 0 Å². The summed E-state index contributed by atoms with van der Waals surface area (Å²) in [5, 5.41) is 3.65. The minimum absolute atomic E-state index is 0.424. The zero-order chi connectivity index (χ0) is 14.1. The van der Waals surface area contributed by atoms with Crippen LogP contribution in [0.2, 0.25) is 0 Å². The lowest BCUT2D eigenvalue weighted by Gasteiger charge is -2.26. The number of benzene rings is 1. The number of hydrogen-bond acceptors (Lipinski definition) is 3. The lowest BCUT2D eigenvalue weighted by Crippen LogP contribution is -2.36. The van der Waals surface area contributed by atoms with Gasteiger partial charge in [-0.1, -0.05) is 37.3 Å². The van der Waals surface area contributed by atoms with E-state index in [1.165, 1.54) is 12.0 Å². The topological polar surface area (TPSA) is 18.5 Å². The van der Waals surface area contributed by atoms with E-state index in [0.717, 1.165) is 26.2 Å². The molecule has 108 valence electrons. The second kappa shape index (κ2) is 9.08. The first-order valence-electron chi connectivity index (χ1n) is 7.25. The second-order valence-electron chi connectivity index (χ2n) is 5.48. The maximum atomic E-state index is 3.65. The first kappa shape index (κ1) is 16.2. The fourth-order valence-electron chi connectivity index (χ4n) is 2.07. The van der Waals surface area contributed by atoms with Crippen LogP contribution in [0.15, 0.2) is 30.3 Å². The molecule has 1 rings (SSSR count). The van der Waals surface area contributed by atoms with Gasteiger partial charge in [0.25, 0.3) is 0 Å². The minimum atomic E-state index is 0.424. The lowest BCUT2D eigenvalue weighted by molar-refractivity contribution is 0.256. The summed E-state index contributed by atoms with van der Waals surface area (Å²) in [6.45, 7) is 6.54. The Morgan fingerprint density at radius 1 is 1.05 bits per heavy atom. The van der Waals surface area contributed by atoms with Gasteiger partial charge in [0.2, 0.25) is 0 Å². The molecule has 1 N–H and O–H groups in total. The molecule has 1 unspecified atom stereocenters. The monoisotopic (exact) mass is 263 g/mol. The number of rotatable bonds is 9. The Bertz CT molecular complexity index is 324. The zero-order valence-electron chi connectivity index (χ0n) is 12.9. The van der Waals surface area contributed by atoms with E-state index in [1.807, 2.05) is 0 Å². The molecule has 0 aliphatic carbocycles. The Hall–Kier alpha value is -0.900. The van der Waals surface area contributed by atoms with Gasteiger partial charge in [-0.3, -0.25) is 0 Å². The van der Waals surface area contributed by atoms with Gasteiger partial charge >= 0.3 is 0 Å². The highest BCUT2D eigenvalue weighted by molar-refractivity contribution is 5.19. The number of nitrogens with one attached hydrogen (secondary N) is 1. The van der Waals surface area contributed by atoms with Crippen LogP contribution < -0.4 is 5.32 Å². The third-order valence-electron chi connectivity index (χ3n) is 3.27. The molecule has 0 aliphatic rings. The van der Waals surface area contributed by atoms with Crippen molar-refractivity contribution in [1.82, 2.24) is 15.1 Å². The normalized spacial score (nSPS) is 13.2. The fraction of sp³-hybridized carbons (Fsp3) is 0.625. The van der Waals surface area contributed by atoms with Crippen LogP contribution in [-0.4, -0.2) is 57.1 Å². The third-order valence-corrected chi connectivity index (χ3v) is 3.27. The van der Waals surface area contributed by atoms with Crippen LogP contribution in [0.4, 0.5) is 0 Å². The largest absolute Gasteiger partial charge is 0.309 e. The maximum absolute atomic E-state index is 3.65. The Morgan fingerprint density at radius 2 is 1.74 bits per heavy atom. The number of hydrogen-bond donors (Lipinski definition) is 1. The van der Waals surface area contributed by atoms with Gasteiger partial charge in [-0.2, -0.15) is 0 Å². The fourth-order valence-corrected chi connectivity index (χ4v) is 2.07. The van der Waals surface area contributed by atoms with Gasteiger partial charge in [0, 0.05) is 25.7 Å². The highest BCUT2D eigenvalue weighted by Crippen LogP contribution is 2.13. The lowest BCUT2D eigenvalue weighted by atomic mass is 10.1. The van der Waals surface area contributed by atoms with Gasteiger partial charge in [0.15, 0.2) is 0 Å². The summed E-state index contributed by atoms with van der Waals surface area (Å²) in [6, 6.07) is 11.2. The van der Waals surface area contributed by atoms with Crippen molar-refractivity contribution >= 4 is 0 Å². The molecular formula is C16H29N3. The van der Waals surface area contributed by atoms with Crippen molar-refractivity contribution < 1.29 is 0 Å². The van der Waals surface area contributed by atoms with Crippen LogP contribution in [0.3, 0.4) is 0 Å². The molecule has 0 heterocycles. The maximum Gasteiger partial charge on any atom is 0.0449 e. The summed E-state index contributed by atoms with van der Waals surface area (Å²) in [6.07, 6.45) is 1.17. The van der Waals surface area contributed by atoms with E-state index in [9.17, 15) is 0 Å². The van der Waals surface area contributed by atoms with E-state index in [-0.39, 0.29) is 0 Å². The van der Waals surface area contributed by atoms with Crippen molar-refractivity contribution in [1.29, 1.82) is 0 Å². The Kier molecular flexibility index (Phi) is 7.72. The summed E-state index contributed by atoms with van der Waals surface area (Å²) >= 11 is 0.